The predicted octanol–water partition coefficient (Wildman–Crippen LogP) is 2.02. The summed E-state index contributed by atoms with van der Waals surface area (Å²) >= 11 is 0. The van der Waals surface area contributed by atoms with Crippen molar-refractivity contribution < 1.29 is 19.5 Å². The Morgan fingerprint density at radius 3 is 1.67 bits per heavy atom. The van der Waals surface area contributed by atoms with Crippen LogP contribution in [0.25, 0.3) is 0 Å². The molecule has 0 saturated heterocycles. The Bertz CT molecular complexity index is 230. The molecule has 0 unspecified atom stereocenters. The van der Waals surface area contributed by atoms with Gasteiger partial charge in [-0.1, -0.05) is 43.7 Å². The van der Waals surface area contributed by atoms with Crippen molar-refractivity contribution in [2.45, 2.75) is 26.7 Å². The van der Waals surface area contributed by atoms with Crippen LogP contribution in [0.4, 0.5) is 0 Å². The van der Waals surface area contributed by atoms with Crippen molar-refractivity contribution in [3.63, 3.8) is 0 Å². The maximum atomic E-state index is 4.90. The second-order valence-corrected chi connectivity index (χ2v) is 3.64. The van der Waals surface area contributed by atoms with Crippen molar-refractivity contribution in [1.82, 2.24) is 0 Å². The van der Waals surface area contributed by atoms with Crippen LogP contribution < -0.4 is 11.5 Å². The molecule has 0 fully saturated rings. The third-order valence-corrected chi connectivity index (χ3v) is 1.91. The van der Waals surface area contributed by atoms with E-state index in [9.17, 15) is 0 Å². The van der Waals surface area contributed by atoms with Crippen LogP contribution in [0.15, 0.2) is 24.3 Å². The fourth-order valence-electron chi connectivity index (χ4n) is 0.951. The zero-order chi connectivity index (χ0) is 11.0. The minimum atomic E-state index is 0. The zero-order valence-electron chi connectivity index (χ0n) is 9.81. The van der Waals surface area contributed by atoms with E-state index in [0.29, 0.717) is 19.0 Å². The van der Waals surface area contributed by atoms with Gasteiger partial charge in [-0.25, -0.2) is 0 Å². The zero-order valence-corrected chi connectivity index (χ0v) is 11.5. The van der Waals surface area contributed by atoms with Gasteiger partial charge in [0.2, 0.25) is 0 Å². The minimum absolute atomic E-state index is 0. The monoisotopic (exact) mass is 296 g/mol. The second-order valence-electron chi connectivity index (χ2n) is 3.64. The largest absolute Gasteiger partial charge is 6.00 e. The fourth-order valence-corrected chi connectivity index (χ4v) is 0.951. The van der Waals surface area contributed by atoms with Gasteiger partial charge in [0.1, 0.15) is 0 Å². The van der Waals surface area contributed by atoms with Gasteiger partial charge in [0.05, 0.1) is 0 Å². The molecular weight excluding hydrogens is 273 g/mol. The minimum Gasteiger partial charge on any atom is -0.329 e. The van der Waals surface area contributed by atoms with Crippen molar-refractivity contribution in [2.75, 3.05) is 13.1 Å². The van der Waals surface area contributed by atoms with E-state index in [2.05, 4.69) is 45.0 Å². The summed E-state index contributed by atoms with van der Waals surface area (Å²) in [5, 5.41) is 0. The predicted molar refractivity (Wildman–Crippen MR) is 63.4 cm³/mol. The molecule has 15 heavy (non-hydrogen) atoms. The molecule has 0 amide bonds. The first-order chi connectivity index (χ1) is 6.61. The smallest absolute Gasteiger partial charge is 0.329 e. The Morgan fingerprint density at radius 1 is 1.00 bits per heavy atom. The summed E-state index contributed by atoms with van der Waals surface area (Å²) in [6, 6.07) is 8.71. The first kappa shape index (κ1) is 17.2. The summed E-state index contributed by atoms with van der Waals surface area (Å²) in [5.41, 5.74) is 12.6. The Balaban J connectivity index is 0. The average Bonchev–Trinajstić information content (AvgIpc) is 2.19. The van der Waals surface area contributed by atoms with Crippen LogP contribution in [-0.2, 0) is 19.5 Å². The molecule has 0 heterocycles. The molecule has 0 atom stereocenters. The SMILES string of the molecule is Cc1ccc(C(C)C)cc1.NCCN.[Ru+6]. The first-order valence-electron chi connectivity index (χ1n) is 5.08. The number of aryl methyl sites for hydroxylation is 1. The van der Waals surface area contributed by atoms with Crippen molar-refractivity contribution in [3.8, 4) is 0 Å². The van der Waals surface area contributed by atoms with E-state index in [1.165, 1.54) is 11.1 Å². The van der Waals surface area contributed by atoms with Gasteiger partial charge in [-0.3, -0.25) is 0 Å². The molecule has 0 radical (unpaired) electrons. The van der Waals surface area contributed by atoms with Crippen LogP contribution in [0.3, 0.4) is 0 Å². The molecular formula is C12H22N2Ru+6. The summed E-state index contributed by atoms with van der Waals surface area (Å²) in [6.45, 7) is 7.74. The van der Waals surface area contributed by atoms with E-state index in [1.54, 1.807) is 0 Å². The number of nitrogens with two attached hydrogens (primary N) is 2. The Morgan fingerprint density at radius 2 is 1.40 bits per heavy atom. The van der Waals surface area contributed by atoms with Gasteiger partial charge in [-0.05, 0) is 18.4 Å². The van der Waals surface area contributed by atoms with Crippen molar-refractivity contribution >= 4 is 0 Å². The molecule has 1 rings (SSSR count). The molecule has 3 heteroatoms. The van der Waals surface area contributed by atoms with Gasteiger partial charge in [0.15, 0.2) is 0 Å². The molecule has 82 valence electrons. The van der Waals surface area contributed by atoms with E-state index in [1.807, 2.05) is 0 Å². The summed E-state index contributed by atoms with van der Waals surface area (Å²) in [7, 11) is 0. The van der Waals surface area contributed by atoms with E-state index in [0.717, 1.165) is 0 Å². The molecule has 2 nitrogen and oxygen atoms in total. The van der Waals surface area contributed by atoms with Gasteiger partial charge in [-0.2, -0.15) is 0 Å². The van der Waals surface area contributed by atoms with E-state index < -0.39 is 0 Å². The van der Waals surface area contributed by atoms with Gasteiger partial charge in [0.25, 0.3) is 0 Å². The summed E-state index contributed by atoms with van der Waals surface area (Å²) in [6.07, 6.45) is 0. The molecule has 0 aliphatic heterocycles. The number of hydrogen-bond acceptors (Lipinski definition) is 2. The Labute approximate surface area is 106 Å². The van der Waals surface area contributed by atoms with Crippen LogP contribution in [0.1, 0.15) is 30.9 Å². The molecule has 4 N–H and O–H groups in total. The summed E-state index contributed by atoms with van der Waals surface area (Å²) < 4.78 is 0. The van der Waals surface area contributed by atoms with Gasteiger partial charge in [-0.15, -0.1) is 0 Å². The number of rotatable bonds is 2. The Kier molecular flexibility index (Phi) is 11.8. The standard InChI is InChI=1S/C10H14.C2H8N2.Ru/c1-8(2)10-6-4-9(3)5-7-10;3-1-2-4;/h4-8H,1-3H3;1-4H2;/q;;+6. The summed E-state index contributed by atoms with van der Waals surface area (Å²) in [5.74, 6) is 0.653. The number of hydrogen-bond donors (Lipinski definition) is 2. The average molecular weight is 295 g/mol. The van der Waals surface area contributed by atoms with Crippen LogP contribution >= 0.6 is 0 Å². The van der Waals surface area contributed by atoms with E-state index in [-0.39, 0.29) is 19.5 Å². The van der Waals surface area contributed by atoms with Gasteiger partial charge >= 0.3 is 19.5 Å². The molecule has 1 aromatic carbocycles. The molecule has 0 aliphatic rings. The van der Waals surface area contributed by atoms with E-state index >= 15 is 0 Å². The number of benzene rings is 1. The summed E-state index contributed by atoms with van der Waals surface area (Å²) in [4.78, 5) is 0. The van der Waals surface area contributed by atoms with Gasteiger partial charge < -0.3 is 11.5 Å². The molecule has 0 spiro atoms. The van der Waals surface area contributed by atoms with Gasteiger partial charge in [0, 0.05) is 13.1 Å². The van der Waals surface area contributed by atoms with Crippen molar-refractivity contribution in [1.29, 1.82) is 0 Å². The van der Waals surface area contributed by atoms with Crippen LogP contribution in [0.5, 0.6) is 0 Å². The molecule has 1 aromatic rings. The molecule has 0 saturated carbocycles. The third-order valence-electron chi connectivity index (χ3n) is 1.91. The third kappa shape index (κ3) is 8.74. The van der Waals surface area contributed by atoms with Crippen molar-refractivity contribution in [2.24, 2.45) is 11.5 Å². The first-order valence-corrected chi connectivity index (χ1v) is 5.08. The normalized spacial score (nSPS) is 8.93. The molecule has 0 bridgehead atoms. The Hall–Kier alpha value is -0.237. The van der Waals surface area contributed by atoms with Crippen LogP contribution in [-0.4, -0.2) is 13.1 Å². The second kappa shape index (κ2) is 10.3. The van der Waals surface area contributed by atoms with Crippen LogP contribution in [0.2, 0.25) is 0 Å². The van der Waals surface area contributed by atoms with E-state index in [4.69, 9.17) is 11.5 Å². The maximum absolute atomic E-state index is 4.90. The fraction of sp³-hybridized carbons (Fsp3) is 0.500. The molecule has 0 aromatic heterocycles. The maximum Gasteiger partial charge on any atom is 6.00 e. The van der Waals surface area contributed by atoms with Crippen LogP contribution in [0, 0.1) is 6.92 Å². The topological polar surface area (TPSA) is 52.0 Å². The van der Waals surface area contributed by atoms with Crippen molar-refractivity contribution in [3.05, 3.63) is 35.4 Å². The molecule has 0 aliphatic carbocycles. The quantitative estimate of drug-likeness (QED) is 0.820.